The van der Waals surface area contributed by atoms with E-state index in [1.807, 2.05) is 27.7 Å². The first-order valence-electron chi connectivity index (χ1n) is 11.6. The molecule has 0 amide bonds. The number of fused-ring (bicyclic) bond motifs is 7. The van der Waals surface area contributed by atoms with Crippen molar-refractivity contribution in [2.45, 2.75) is 47.0 Å². The topological polar surface area (TPSA) is 0 Å². The maximum atomic E-state index is 2.43. The average Bonchev–Trinajstić information content (AvgIpc) is 3.05. The molecule has 0 radical (unpaired) electrons. The summed E-state index contributed by atoms with van der Waals surface area (Å²) < 4.78 is 0. The first-order valence-corrected chi connectivity index (χ1v) is 11.6. The van der Waals surface area contributed by atoms with Gasteiger partial charge >= 0.3 is 0 Å². The molecule has 1 aliphatic rings. The summed E-state index contributed by atoms with van der Waals surface area (Å²) in [7, 11) is 0. The van der Waals surface area contributed by atoms with Crippen LogP contribution in [-0.2, 0) is 5.41 Å². The monoisotopic (exact) mass is 404 g/mol. The van der Waals surface area contributed by atoms with Crippen molar-refractivity contribution in [2.75, 3.05) is 0 Å². The smallest absolute Gasteiger partial charge is 0.0159 e. The maximum absolute atomic E-state index is 2.43. The molecule has 0 fully saturated rings. The molecule has 0 atom stereocenters. The summed E-state index contributed by atoms with van der Waals surface area (Å²) in [4.78, 5) is 0. The molecule has 0 saturated carbocycles. The van der Waals surface area contributed by atoms with E-state index in [1.54, 1.807) is 0 Å². The third-order valence-corrected chi connectivity index (χ3v) is 6.41. The summed E-state index contributed by atoms with van der Waals surface area (Å²) in [6.07, 6.45) is 0. The van der Waals surface area contributed by atoms with E-state index in [2.05, 4.69) is 98.8 Å². The predicted octanol–water partition coefficient (Wildman–Crippen LogP) is 9.50. The van der Waals surface area contributed by atoms with E-state index in [0.717, 1.165) is 0 Å². The number of benzene rings is 5. The van der Waals surface area contributed by atoms with Gasteiger partial charge in [-0.15, -0.1) is 0 Å². The van der Waals surface area contributed by atoms with Gasteiger partial charge in [0.05, 0.1) is 0 Å². The van der Waals surface area contributed by atoms with Crippen LogP contribution in [-0.4, -0.2) is 0 Å². The molecule has 0 aliphatic heterocycles. The van der Waals surface area contributed by atoms with E-state index >= 15 is 0 Å². The fourth-order valence-electron chi connectivity index (χ4n) is 4.92. The summed E-state index contributed by atoms with van der Waals surface area (Å²) in [5.74, 6) is 0. The predicted molar refractivity (Wildman–Crippen MR) is 139 cm³/mol. The minimum atomic E-state index is 0.0224. The molecule has 5 aromatic rings. The lowest BCUT2D eigenvalue weighted by Crippen LogP contribution is -2.14. The molecule has 0 nitrogen and oxygen atoms in total. The van der Waals surface area contributed by atoms with E-state index in [0.29, 0.717) is 0 Å². The molecule has 1 aliphatic carbocycles. The molecule has 0 aromatic heterocycles. The van der Waals surface area contributed by atoms with Crippen molar-refractivity contribution in [1.29, 1.82) is 0 Å². The van der Waals surface area contributed by atoms with Gasteiger partial charge in [0.2, 0.25) is 0 Å². The highest BCUT2D eigenvalue weighted by atomic mass is 14.4. The van der Waals surface area contributed by atoms with Crippen LogP contribution in [0, 0.1) is 0 Å². The van der Waals surface area contributed by atoms with Gasteiger partial charge in [-0.1, -0.05) is 102 Å². The summed E-state index contributed by atoms with van der Waals surface area (Å²) in [6.45, 7) is 12.7. The number of hydrogen-bond donors (Lipinski definition) is 0. The van der Waals surface area contributed by atoms with Crippen molar-refractivity contribution >= 4 is 32.3 Å². The zero-order valence-corrected chi connectivity index (χ0v) is 19.6. The second-order valence-corrected chi connectivity index (χ2v) is 8.28. The van der Waals surface area contributed by atoms with E-state index in [1.165, 1.54) is 54.6 Å². The SMILES string of the molecule is CC.CC.CC1(C)c2cc3ccccc3cc2-c2cc3c(ccc4ccccc43)cc21. The minimum Gasteiger partial charge on any atom is -0.0683 e. The van der Waals surface area contributed by atoms with Gasteiger partial charge in [-0.25, -0.2) is 0 Å². The normalized spacial score (nSPS) is 13.1. The molecule has 0 N–H and O–H groups in total. The first-order chi connectivity index (χ1) is 15.1. The highest BCUT2D eigenvalue weighted by Gasteiger charge is 2.36. The molecule has 156 valence electrons. The van der Waals surface area contributed by atoms with Gasteiger partial charge in [0.25, 0.3) is 0 Å². The highest BCUT2D eigenvalue weighted by molar-refractivity contribution is 6.10. The molecular weight excluding hydrogens is 372 g/mol. The van der Waals surface area contributed by atoms with E-state index in [4.69, 9.17) is 0 Å². The fourth-order valence-corrected chi connectivity index (χ4v) is 4.92. The lowest BCUT2D eigenvalue weighted by atomic mass is 9.81. The molecule has 0 unspecified atom stereocenters. The van der Waals surface area contributed by atoms with Crippen LogP contribution in [0.3, 0.4) is 0 Å². The minimum absolute atomic E-state index is 0.0224. The second-order valence-electron chi connectivity index (χ2n) is 8.28. The Hall–Kier alpha value is -3.12. The van der Waals surface area contributed by atoms with Crippen LogP contribution in [0.25, 0.3) is 43.4 Å². The molecular formula is C31H32. The Bertz CT molecular complexity index is 1390. The van der Waals surface area contributed by atoms with Gasteiger partial charge in [0, 0.05) is 5.41 Å². The van der Waals surface area contributed by atoms with Gasteiger partial charge in [-0.05, 0) is 78.8 Å². The lowest BCUT2D eigenvalue weighted by Gasteiger charge is -2.22. The molecule has 6 rings (SSSR count). The molecule has 0 heterocycles. The number of rotatable bonds is 0. The molecule has 5 aromatic carbocycles. The van der Waals surface area contributed by atoms with E-state index in [9.17, 15) is 0 Å². The van der Waals surface area contributed by atoms with Crippen LogP contribution < -0.4 is 0 Å². The Labute approximate surface area is 186 Å². The summed E-state index contributed by atoms with van der Waals surface area (Å²) >= 11 is 0. The van der Waals surface area contributed by atoms with Gasteiger partial charge in [0.15, 0.2) is 0 Å². The van der Waals surface area contributed by atoms with Crippen LogP contribution in [0.4, 0.5) is 0 Å². The van der Waals surface area contributed by atoms with Crippen LogP contribution in [0.2, 0.25) is 0 Å². The van der Waals surface area contributed by atoms with Crippen molar-refractivity contribution in [3.63, 3.8) is 0 Å². The Kier molecular flexibility index (Phi) is 5.58. The van der Waals surface area contributed by atoms with Gasteiger partial charge in [0.1, 0.15) is 0 Å². The quantitative estimate of drug-likeness (QED) is 0.225. The summed E-state index contributed by atoms with van der Waals surface area (Å²) in [5, 5.41) is 7.97. The number of hydrogen-bond acceptors (Lipinski definition) is 0. The van der Waals surface area contributed by atoms with Gasteiger partial charge in [-0.3, -0.25) is 0 Å². The Balaban J connectivity index is 0.000000549. The third kappa shape index (κ3) is 3.22. The Morgan fingerprint density at radius 3 is 1.61 bits per heavy atom. The average molecular weight is 405 g/mol. The molecule has 31 heavy (non-hydrogen) atoms. The van der Waals surface area contributed by atoms with Crippen LogP contribution in [0.15, 0.2) is 84.9 Å². The first kappa shape index (κ1) is 21.1. The van der Waals surface area contributed by atoms with Gasteiger partial charge < -0.3 is 0 Å². The standard InChI is InChI=1S/C27H20.2C2H6/c1-27(2)25-14-19-9-4-3-8-18(19)13-23(25)24-16-22-20(15-26(24)27)12-11-17-7-5-6-10-21(17)22;2*1-2/h3-16H,1-2H3;2*1-2H3. The highest BCUT2D eigenvalue weighted by Crippen LogP contribution is 2.51. The zero-order valence-electron chi connectivity index (χ0n) is 19.6. The Morgan fingerprint density at radius 1 is 0.452 bits per heavy atom. The van der Waals surface area contributed by atoms with Crippen LogP contribution in [0.5, 0.6) is 0 Å². The maximum Gasteiger partial charge on any atom is 0.0159 e. The summed E-state index contributed by atoms with van der Waals surface area (Å²) in [5.41, 5.74) is 5.69. The second kappa shape index (κ2) is 8.19. The van der Waals surface area contributed by atoms with Crippen LogP contribution in [0.1, 0.15) is 52.7 Å². The lowest BCUT2D eigenvalue weighted by molar-refractivity contribution is 0.662. The largest absolute Gasteiger partial charge is 0.0683 e. The molecule has 0 saturated heterocycles. The van der Waals surface area contributed by atoms with Crippen molar-refractivity contribution in [3.8, 4) is 11.1 Å². The zero-order chi connectivity index (χ0) is 22.2. The van der Waals surface area contributed by atoms with Crippen molar-refractivity contribution in [1.82, 2.24) is 0 Å². The van der Waals surface area contributed by atoms with E-state index < -0.39 is 0 Å². The van der Waals surface area contributed by atoms with Crippen LogP contribution >= 0.6 is 0 Å². The van der Waals surface area contributed by atoms with Crippen molar-refractivity contribution < 1.29 is 0 Å². The van der Waals surface area contributed by atoms with Crippen molar-refractivity contribution in [2.24, 2.45) is 0 Å². The van der Waals surface area contributed by atoms with E-state index in [-0.39, 0.29) is 5.41 Å². The molecule has 0 spiro atoms. The fraction of sp³-hybridized carbons (Fsp3) is 0.226. The third-order valence-electron chi connectivity index (χ3n) is 6.41. The van der Waals surface area contributed by atoms with Crippen molar-refractivity contribution in [3.05, 3.63) is 96.1 Å². The Morgan fingerprint density at radius 2 is 0.935 bits per heavy atom. The molecule has 0 heteroatoms. The summed E-state index contributed by atoms with van der Waals surface area (Å²) in [6, 6.07) is 31.5. The van der Waals surface area contributed by atoms with Gasteiger partial charge in [-0.2, -0.15) is 0 Å². The molecule has 0 bridgehead atoms.